The summed E-state index contributed by atoms with van der Waals surface area (Å²) < 4.78 is 0. The zero-order chi connectivity index (χ0) is 16.9. The lowest BCUT2D eigenvalue weighted by molar-refractivity contribution is 0.563. The summed E-state index contributed by atoms with van der Waals surface area (Å²) >= 11 is 1.76. The Balaban J connectivity index is 1.49. The molecular weight excluding hydrogens is 314 g/mol. The summed E-state index contributed by atoms with van der Waals surface area (Å²) in [5.74, 6) is 1.98. The molecule has 3 nitrogen and oxygen atoms in total. The third kappa shape index (κ3) is 7.52. The summed E-state index contributed by atoms with van der Waals surface area (Å²) in [5, 5.41) is 8.20. The van der Waals surface area contributed by atoms with Crippen LogP contribution in [-0.4, -0.2) is 20.9 Å². The smallest absolute Gasteiger partial charge is 0.208 e. The number of benzene rings is 1. The Morgan fingerprint density at radius 1 is 0.833 bits per heavy atom. The molecule has 1 aromatic carbocycles. The first-order valence-corrected chi connectivity index (χ1v) is 10.5. The van der Waals surface area contributed by atoms with Gasteiger partial charge in [-0.05, 0) is 6.42 Å². The van der Waals surface area contributed by atoms with E-state index in [1.54, 1.807) is 11.8 Å². The van der Waals surface area contributed by atoms with Crippen molar-refractivity contribution in [3.63, 3.8) is 0 Å². The van der Waals surface area contributed by atoms with Crippen molar-refractivity contribution in [2.24, 2.45) is 0 Å². The zero-order valence-electron chi connectivity index (χ0n) is 15.0. The number of rotatable bonds is 13. The first-order chi connectivity index (χ1) is 11.9. The van der Waals surface area contributed by atoms with Gasteiger partial charge < -0.3 is 0 Å². The summed E-state index contributed by atoms with van der Waals surface area (Å²) in [6, 6.07) is 10.2. The molecular formula is C20H31N3S. The second kappa shape index (κ2) is 12.1. The quantitative estimate of drug-likeness (QED) is 0.333. The minimum absolute atomic E-state index is 0.862. The summed E-state index contributed by atoms with van der Waals surface area (Å²) in [7, 11) is 0. The predicted molar refractivity (Wildman–Crippen MR) is 104 cm³/mol. The number of nitrogens with one attached hydrogen (secondary N) is 1. The van der Waals surface area contributed by atoms with Crippen LogP contribution in [0.2, 0.25) is 0 Å². The lowest BCUT2D eigenvalue weighted by Crippen LogP contribution is -1.85. The molecule has 4 heteroatoms. The molecule has 1 N–H and O–H groups in total. The van der Waals surface area contributed by atoms with Gasteiger partial charge in [-0.1, -0.05) is 107 Å². The Morgan fingerprint density at radius 2 is 1.46 bits per heavy atom. The molecule has 0 aliphatic rings. The minimum atomic E-state index is 0.862. The van der Waals surface area contributed by atoms with Crippen molar-refractivity contribution in [3.8, 4) is 11.4 Å². The van der Waals surface area contributed by atoms with Crippen molar-refractivity contribution < 1.29 is 0 Å². The van der Waals surface area contributed by atoms with Gasteiger partial charge in [-0.15, -0.1) is 5.10 Å². The van der Waals surface area contributed by atoms with Crippen molar-refractivity contribution in [2.75, 3.05) is 5.75 Å². The summed E-state index contributed by atoms with van der Waals surface area (Å²) in [6.45, 7) is 2.28. The number of hydrogen-bond acceptors (Lipinski definition) is 3. The Labute approximate surface area is 151 Å². The molecule has 0 spiro atoms. The molecule has 132 valence electrons. The van der Waals surface area contributed by atoms with Gasteiger partial charge in [0.05, 0.1) is 0 Å². The van der Waals surface area contributed by atoms with E-state index < -0.39 is 0 Å². The molecule has 0 amide bonds. The fourth-order valence-electron chi connectivity index (χ4n) is 2.79. The van der Waals surface area contributed by atoms with E-state index in [2.05, 4.69) is 34.2 Å². The molecule has 0 saturated heterocycles. The fraction of sp³-hybridized carbons (Fsp3) is 0.600. The standard InChI is InChI=1S/C20H31N3S/c1-2-3-4-5-6-7-8-9-10-14-17-24-20-21-19(22-23-20)18-15-12-11-13-16-18/h11-13,15-16H,2-10,14,17H2,1H3,(H,21,22,23). The second-order valence-corrected chi connectivity index (χ2v) is 7.43. The Kier molecular flexibility index (Phi) is 9.62. The van der Waals surface area contributed by atoms with Gasteiger partial charge in [0.15, 0.2) is 5.82 Å². The maximum atomic E-state index is 4.56. The molecule has 1 heterocycles. The third-order valence-corrected chi connectivity index (χ3v) is 5.17. The first-order valence-electron chi connectivity index (χ1n) is 9.51. The molecule has 1 aromatic heterocycles. The van der Waals surface area contributed by atoms with Crippen LogP contribution >= 0.6 is 11.8 Å². The zero-order valence-corrected chi connectivity index (χ0v) is 15.8. The highest BCUT2D eigenvalue weighted by Gasteiger charge is 2.05. The van der Waals surface area contributed by atoms with Crippen LogP contribution in [0, 0.1) is 0 Å². The number of thioether (sulfide) groups is 1. The van der Waals surface area contributed by atoms with Gasteiger partial charge in [0.25, 0.3) is 0 Å². The third-order valence-electron chi connectivity index (χ3n) is 4.24. The molecule has 0 aliphatic carbocycles. The van der Waals surface area contributed by atoms with E-state index in [4.69, 9.17) is 0 Å². The van der Waals surface area contributed by atoms with Crippen LogP contribution < -0.4 is 0 Å². The topological polar surface area (TPSA) is 41.6 Å². The van der Waals surface area contributed by atoms with E-state index in [0.29, 0.717) is 0 Å². The van der Waals surface area contributed by atoms with Crippen molar-refractivity contribution >= 4 is 11.8 Å². The number of aromatic amines is 1. The van der Waals surface area contributed by atoms with Crippen LogP contribution in [0.5, 0.6) is 0 Å². The molecule has 0 bridgehead atoms. The van der Waals surface area contributed by atoms with Gasteiger partial charge in [0.1, 0.15) is 0 Å². The lowest BCUT2D eigenvalue weighted by atomic mass is 10.1. The van der Waals surface area contributed by atoms with E-state index in [9.17, 15) is 0 Å². The van der Waals surface area contributed by atoms with Crippen molar-refractivity contribution in [2.45, 2.75) is 76.3 Å². The first kappa shape index (κ1) is 19.0. The van der Waals surface area contributed by atoms with Gasteiger partial charge in [-0.2, -0.15) is 0 Å². The highest BCUT2D eigenvalue weighted by molar-refractivity contribution is 7.99. The van der Waals surface area contributed by atoms with E-state index in [1.165, 1.54) is 64.2 Å². The summed E-state index contributed by atoms with van der Waals surface area (Å²) in [6.07, 6.45) is 13.8. The molecule has 2 rings (SSSR count). The highest BCUT2D eigenvalue weighted by atomic mass is 32.2. The molecule has 0 radical (unpaired) electrons. The maximum Gasteiger partial charge on any atom is 0.208 e. The average molecular weight is 346 g/mol. The van der Waals surface area contributed by atoms with Gasteiger partial charge in [-0.3, -0.25) is 5.10 Å². The summed E-state index contributed by atoms with van der Waals surface area (Å²) in [4.78, 5) is 4.56. The number of aromatic nitrogens is 3. The van der Waals surface area contributed by atoms with Crippen molar-refractivity contribution in [1.82, 2.24) is 15.2 Å². The van der Waals surface area contributed by atoms with Gasteiger partial charge in [-0.25, -0.2) is 4.98 Å². The van der Waals surface area contributed by atoms with Crippen LogP contribution in [-0.2, 0) is 0 Å². The molecule has 0 unspecified atom stereocenters. The SMILES string of the molecule is CCCCCCCCCCCCSc1n[nH]c(-c2ccccc2)n1. The van der Waals surface area contributed by atoms with Crippen LogP contribution in [0.4, 0.5) is 0 Å². The maximum absolute atomic E-state index is 4.56. The Bertz CT molecular complexity index is 539. The fourth-order valence-corrected chi connectivity index (χ4v) is 3.59. The van der Waals surface area contributed by atoms with Crippen LogP contribution in [0.25, 0.3) is 11.4 Å². The van der Waals surface area contributed by atoms with Crippen LogP contribution in [0.15, 0.2) is 35.5 Å². The number of hydrogen-bond donors (Lipinski definition) is 1. The van der Waals surface area contributed by atoms with Gasteiger partial charge in [0, 0.05) is 11.3 Å². The molecule has 0 fully saturated rings. The largest absolute Gasteiger partial charge is 0.258 e. The van der Waals surface area contributed by atoms with Crippen molar-refractivity contribution in [1.29, 1.82) is 0 Å². The Morgan fingerprint density at radius 3 is 2.12 bits per heavy atom. The molecule has 0 atom stereocenters. The summed E-state index contributed by atoms with van der Waals surface area (Å²) in [5.41, 5.74) is 1.09. The van der Waals surface area contributed by atoms with Crippen LogP contribution in [0.3, 0.4) is 0 Å². The van der Waals surface area contributed by atoms with E-state index in [1.807, 2.05) is 18.2 Å². The molecule has 0 aliphatic heterocycles. The molecule has 2 aromatic rings. The van der Waals surface area contributed by atoms with Crippen molar-refractivity contribution in [3.05, 3.63) is 30.3 Å². The molecule has 0 saturated carbocycles. The number of nitrogens with zero attached hydrogens (tertiary/aromatic N) is 2. The van der Waals surface area contributed by atoms with Gasteiger partial charge >= 0.3 is 0 Å². The Hall–Kier alpha value is -1.29. The second-order valence-electron chi connectivity index (χ2n) is 6.36. The van der Waals surface area contributed by atoms with E-state index >= 15 is 0 Å². The lowest BCUT2D eigenvalue weighted by Gasteiger charge is -2.01. The predicted octanol–water partition coefficient (Wildman–Crippen LogP) is 6.48. The van der Waals surface area contributed by atoms with E-state index in [-0.39, 0.29) is 0 Å². The number of unbranched alkanes of at least 4 members (excludes halogenated alkanes) is 9. The van der Waals surface area contributed by atoms with Crippen LogP contribution in [0.1, 0.15) is 71.1 Å². The molecule has 24 heavy (non-hydrogen) atoms. The normalized spacial score (nSPS) is 11.0. The average Bonchev–Trinajstić information content (AvgIpc) is 3.09. The highest BCUT2D eigenvalue weighted by Crippen LogP contribution is 2.20. The van der Waals surface area contributed by atoms with Gasteiger partial charge in [0.2, 0.25) is 5.16 Å². The monoisotopic (exact) mass is 345 g/mol. The minimum Gasteiger partial charge on any atom is -0.258 e. The van der Waals surface area contributed by atoms with E-state index in [0.717, 1.165) is 22.3 Å². The number of H-pyrrole nitrogens is 1.